The molecule has 2 aromatic rings. The maximum Gasteiger partial charge on any atom is 0.194 e. The van der Waals surface area contributed by atoms with Crippen LogP contribution >= 0.6 is 0 Å². The lowest BCUT2D eigenvalue weighted by atomic mass is 10.1. The molecule has 0 aliphatic heterocycles. The van der Waals surface area contributed by atoms with E-state index in [-0.39, 0.29) is 11.4 Å². The molecule has 1 aromatic heterocycles. The molecule has 0 bridgehead atoms. The minimum Gasteiger partial charge on any atom is -0.441 e. The summed E-state index contributed by atoms with van der Waals surface area (Å²) >= 11 is 0. The van der Waals surface area contributed by atoms with Gasteiger partial charge in [0.2, 0.25) is 0 Å². The number of hydrogen-bond donors (Lipinski definition) is 1. The highest BCUT2D eigenvalue weighted by molar-refractivity contribution is 5.57. The third-order valence-corrected chi connectivity index (χ3v) is 3.17. The van der Waals surface area contributed by atoms with Crippen molar-refractivity contribution in [2.45, 2.75) is 46.1 Å². The standard InChI is InChI=1S/C17H23FN2O/c1-12-7-8-13(14(18)10-12)15-11-19-16(21-15)6-5-9-20-17(2,3)4/h7-8,10-11,20H,5-6,9H2,1-4H3. The number of aromatic nitrogens is 1. The van der Waals surface area contributed by atoms with Crippen LogP contribution in [0.5, 0.6) is 0 Å². The molecule has 0 atom stereocenters. The van der Waals surface area contributed by atoms with Gasteiger partial charge in [0.25, 0.3) is 0 Å². The second kappa shape index (κ2) is 6.39. The second-order valence-corrected chi connectivity index (χ2v) is 6.38. The molecule has 1 aromatic carbocycles. The smallest absolute Gasteiger partial charge is 0.194 e. The number of nitrogens with one attached hydrogen (secondary N) is 1. The molecule has 4 heteroatoms. The summed E-state index contributed by atoms with van der Waals surface area (Å²) in [5.41, 5.74) is 1.48. The Balaban J connectivity index is 1.95. The van der Waals surface area contributed by atoms with Gasteiger partial charge in [0.15, 0.2) is 11.7 Å². The average molecular weight is 290 g/mol. The molecule has 21 heavy (non-hydrogen) atoms. The van der Waals surface area contributed by atoms with Gasteiger partial charge in [0.05, 0.1) is 11.8 Å². The van der Waals surface area contributed by atoms with E-state index < -0.39 is 0 Å². The van der Waals surface area contributed by atoms with Crippen molar-refractivity contribution in [3.63, 3.8) is 0 Å². The Morgan fingerprint density at radius 2 is 2.05 bits per heavy atom. The summed E-state index contributed by atoms with van der Waals surface area (Å²) < 4.78 is 19.5. The van der Waals surface area contributed by atoms with Crippen molar-refractivity contribution in [3.8, 4) is 11.3 Å². The van der Waals surface area contributed by atoms with Crippen LogP contribution in [-0.2, 0) is 6.42 Å². The largest absolute Gasteiger partial charge is 0.441 e. The zero-order chi connectivity index (χ0) is 15.5. The number of benzene rings is 1. The van der Waals surface area contributed by atoms with Crippen LogP contribution in [0.1, 0.15) is 38.6 Å². The normalized spacial score (nSPS) is 11.9. The van der Waals surface area contributed by atoms with Gasteiger partial charge >= 0.3 is 0 Å². The zero-order valence-corrected chi connectivity index (χ0v) is 13.2. The highest BCUT2D eigenvalue weighted by atomic mass is 19.1. The molecule has 0 saturated carbocycles. The van der Waals surface area contributed by atoms with Gasteiger partial charge in [-0.05, 0) is 58.4 Å². The Bertz CT molecular complexity index is 599. The van der Waals surface area contributed by atoms with Gasteiger partial charge in [-0.3, -0.25) is 0 Å². The molecule has 3 nitrogen and oxygen atoms in total. The van der Waals surface area contributed by atoms with Crippen molar-refractivity contribution < 1.29 is 8.81 Å². The van der Waals surface area contributed by atoms with Gasteiger partial charge in [-0.1, -0.05) is 6.07 Å². The van der Waals surface area contributed by atoms with E-state index >= 15 is 0 Å². The molecule has 1 heterocycles. The molecule has 2 rings (SSSR count). The summed E-state index contributed by atoms with van der Waals surface area (Å²) in [4.78, 5) is 4.23. The Hall–Kier alpha value is -1.68. The topological polar surface area (TPSA) is 38.1 Å². The first-order valence-electron chi connectivity index (χ1n) is 7.31. The predicted molar refractivity (Wildman–Crippen MR) is 82.7 cm³/mol. The molecular formula is C17H23FN2O. The fourth-order valence-corrected chi connectivity index (χ4v) is 2.07. The number of hydrogen-bond acceptors (Lipinski definition) is 3. The van der Waals surface area contributed by atoms with Crippen molar-refractivity contribution in [1.29, 1.82) is 0 Å². The molecule has 0 aliphatic rings. The third kappa shape index (κ3) is 4.67. The van der Waals surface area contributed by atoms with Crippen molar-refractivity contribution in [2.24, 2.45) is 0 Å². The molecule has 0 spiro atoms. The fourth-order valence-electron chi connectivity index (χ4n) is 2.07. The van der Waals surface area contributed by atoms with E-state index in [9.17, 15) is 4.39 Å². The summed E-state index contributed by atoms with van der Waals surface area (Å²) in [5, 5.41) is 3.42. The molecule has 114 valence electrons. The quantitative estimate of drug-likeness (QED) is 0.842. The van der Waals surface area contributed by atoms with Crippen molar-refractivity contribution in [1.82, 2.24) is 10.3 Å². The second-order valence-electron chi connectivity index (χ2n) is 6.38. The fraction of sp³-hybridized carbons (Fsp3) is 0.471. The third-order valence-electron chi connectivity index (χ3n) is 3.17. The van der Waals surface area contributed by atoms with E-state index in [1.165, 1.54) is 6.07 Å². The number of oxazole rings is 1. The summed E-state index contributed by atoms with van der Waals surface area (Å²) in [5.74, 6) is 0.874. The SMILES string of the molecule is Cc1ccc(-c2cnc(CCCNC(C)(C)C)o2)c(F)c1. The number of nitrogens with zero attached hydrogens (tertiary/aromatic N) is 1. The number of rotatable bonds is 5. The molecule has 0 radical (unpaired) electrons. The van der Waals surface area contributed by atoms with Crippen molar-refractivity contribution >= 4 is 0 Å². The van der Waals surface area contributed by atoms with Gasteiger partial charge in [0.1, 0.15) is 5.82 Å². The minimum absolute atomic E-state index is 0.118. The summed E-state index contributed by atoms with van der Waals surface area (Å²) in [6.07, 6.45) is 3.28. The van der Waals surface area contributed by atoms with Crippen molar-refractivity contribution in [3.05, 3.63) is 41.7 Å². The number of halogens is 1. The molecule has 1 N–H and O–H groups in total. The molecule has 0 aliphatic carbocycles. The summed E-state index contributed by atoms with van der Waals surface area (Å²) in [6.45, 7) is 9.17. The van der Waals surface area contributed by atoms with E-state index in [1.807, 2.05) is 13.0 Å². The predicted octanol–water partition coefficient (Wildman–Crippen LogP) is 4.11. The Labute approximate surface area is 125 Å². The summed E-state index contributed by atoms with van der Waals surface area (Å²) in [7, 11) is 0. The molecule has 0 unspecified atom stereocenters. The van der Waals surface area contributed by atoms with Crippen LogP contribution in [0.3, 0.4) is 0 Å². The van der Waals surface area contributed by atoms with E-state index in [4.69, 9.17) is 4.42 Å². The van der Waals surface area contributed by atoms with E-state index in [1.54, 1.807) is 12.3 Å². The molecule has 0 saturated heterocycles. The van der Waals surface area contributed by atoms with Gasteiger partial charge in [-0.2, -0.15) is 0 Å². The summed E-state index contributed by atoms with van der Waals surface area (Å²) in [6, 6.07) is 5.11. The van der Waals surface area contributed by atoms with E-state index in [2.05, 4.69) is 31.1 Å². The Morgan fingerprint density at radius 3 is 2.71 bits per heavy atom. The van der Waals surface area contributed by atoms with Crippen LogP contribution in [0.15, 0.2) is 28.8 Å². The van der Waals surface area contributed by atoms with E-state index in [0.717, 1.165) is 24.9 Å². The van der Waals surface area contributed by atoms with Gasteiger partial charge in [0, 0.05) is 12.0 Å². The maximum atomic E-state index is 13.9. The monoisotopic (exact) mass is 290 g/mol. The Morgan fingerprint density at radius 1 is 1.29 bits per heavy atom. The molecule has 0 amide bonds. The minimum atomic E-state index is -0.271. The van der Waals surface area contributed by atoms with Gasteiger partial charge in [-0.15, -0.1) is 0 Å². The van der Waals surface area contributed by atoms with Crippen LogP contribution in [0.4, 0.5) is 4.39 Å². The zero-order valence-electron chi connectivity index (χ0n) is 13.2. The highest BCUT2D eigenvalue weighted by Gasteiger charge is 2.12. The van der Waals surface area contributed by atoms with Crippen LogP contribution in [0, 0.1) is 12.7 Å². The highest BCUT2D eigenvalue weighted by Crippen LogP contribution is 2.24. The molecular weight excluding hydrogens is 267 g/mol. The lowest BCUT2D eigenvalue weighted by Crippen LogP contribution is -2.36. The van der Waals surface area contributed by atoms with Gasteiger partial charge in [-0.25, -0.2) is 9.37 Å². The first kappa shape index (κ1) is 15.7. The molecule has 0 fully saturated rings. The Kier molecular flexibility index (Phi) is 4.78. The van der Waals surface area contributed by atoms with E-state index in [0.29, 0.717) is 17.2 Å². The van der Waals surface area contributed by atoms with Crippen molar-refractivity contribution in [2.75, 3.05) is 6.54 Å². The van der Waals surface area contributed by atoms with Crippen LogP contribution < -0.4 is 5.32 Å². The maximum absolute atomic E-state index is 13.9. The lowest BCUT2D eigenvalue weighted by molar-refractivity contribution is 0.412. The van der Waals surface area contributed by atoms with Crippen LogP contribution in [0.25, 0.3) is 11.3 Å². The number of aryl methyl sites for hydroxylation is 2. The lowest BCUT2D eigenvalue weighted by Gasteiger charge is -2.20. The average Bonchev–Trinajstić information content (AvgIpc) is 2.82. The van der Waals surface area contributed by atoms with Gasteiger partial charge < -0.3 is 9.73 Å². The van der Waals surface area contributed by atoms with Crippen LogP contribution in [-0.4, -0.2) is 17.1 Å². The van der Waals surface area contributed by atoms with Crippen LogP contribution in [0.2, 0.25) is 0 Å². The first-order chi connectivity index (χ1) is 9.85. The first-order valence-corrected chi connectivity index (χ1v) is 7.31.